The number of nitrogens with zero attached hydrogens (tertiary/aromatic N) is 1. The minimum absolute atomic E-state index is 0.101. The first-order chi connectivity index (χ1) is 8.83. The Morgan fingerprint density at radius 2 is 2.11 bits per heavy atom. The lowest BCUT2D eigenvalue weighted by atomic mass is 10.2. The van der Waals surface area contributed by atoms with Crippen molar-refractivity contribution in [3.05, 3.63) is 28.3 Å². The number of nitro benzene ring substituents is 1. The van der Waals surface area contributed by atoms with E-state index >= 15 is 0 Å². The van der Waals surface area contributed by atoms with Crippen molar-refractivity contribution in [1.29, 1.82) is 0 Å². The maximum absolute atomic E-state index is 10.9. The summed E-state index contributed by atoms with van der Waals surface area (Å²) in [6.45, 7) is 0.466. The second-order valence-electron chi connectivity index (χ2n) is 4.05. The first-order valence-electron chi connectivity index (χ1n) is 5.57. The average Bonchev–Trinajstić information content (AvgIpc) is 2.33. The Bertz CT molecular complexity index is 556. The monoisotopic (exact) mass is 288 g/mol. The number of ether oxygens (including phenoxy) is 1. The van der Waals surface area contributed by atoms with Crippen LogP contribution in [0.4, 0.5) is 11.4 Å². The fourth-order valence-corrected chi connectivity index (χ4v) is 2.17. The van der Waals surface area contributed by atoms with E-state index in [1.807, 2.05) is 0 Å². The minimum Gasteiger partial charge on any atom is -0.490 e. The smallest absolute Gasteiger partial charge is 0.311 e. The number of nitro groups is 1. The molecule has 7 nitrogen and oxygen atoms in total. The van der Waals surface area contributed by atoms with Crippen LogP contribution in [-0.4, -0.2) is 39.0 Å². The third kappa shape index (κ3) is 5.12. The molecule has 0 bridgehead atoms. The zero-order valence-electron chi connectivity index (χ0n) is 10.8. The fraction of sp³-hybridized carbons (Fsp3) is 0.455. The Balaban J connectivity index is 2.63. The van der Waals surface area contributed by atoms with E-state index in [0.29, 0.717) is 18.7 Å². The highest BCUT2D eigenvalue weighted by Gasteiger charge is 2.14. The molecule has 0 atom stereocenters. The number of benzene rings is 1. The fourth-order valence-electron chi connectivity index (χ4n) is 1.51. The van der Waals surface area contributed by atoms with Gasteiger partial charge in [0.1, 0.15) is 9.84 Å². The van der Waals surface area contributed by atoms with Crippen molar-refractivity contribution in [2.75, 3.05) is 31.0 Å². The maximum Gasteiger partial charge on any atom is 0.311 e. The molecule has 0 radical (unpaired) electrons. The third-order valence-corrected chi connectivity index (χ3v) is 3.43. The Morgan fingerprint density at radius 3 is 2.63 bits per heavy atom. The summed E-state index contributed by atoms with van der Waals surface area (Å²) in [5.41, 5.74) is 0.542. The van der Waals surface area contributed by atoms with E-state index in [4.69, 9.17) is 4.74 Å². The van der Waals surface area contributed by atoms with Crippen LogP contribution in [0.2, 0.25) is 0 Å². The van der Waals surface area contributed by atoms with E-state index in [0.717, 1.165) is 0 Å². The Labute approximate surface area is 111 Å². The summed E-state index contributed by atoms with van der Waals surface area (Å²) in [5, 5.41) is 13.7. The zero-order chi connectivity index (χ0) is 14.5. The van der Waals surface area contributed by atoms with Crippen LogP contribution in [0.3, 0.4) is 0 Å². The second-order valence-corrected chi connectivity index (χ2v) is 6.31. The third-order valence-electron chi connectivity index (χ3n) is 2.40. The van der Waals surface area contributed by atoms with Gasteiger partial charge >= 0.3 is 5.69 Å². The molecule has 0 aromatic heterocycles. The average molecular weight is 288 g/mol. The molecule has 0 aliphatic rings. The van der Waals surface area contributed by atoms with Crippen molar-refractivity contribution in [3.63, 3.8) is 0 Å². The first kappa shape index (κ1) is 15.2. The van der Waals surface area contributed by atoms with E-state index in [-0.39, 0.29) is 17.2 Å². The van der Waals surface area contributed by atoms with E-state index in [1.165, 1.54) is 25.5 Å². The quantitative estimate of drug-likeness (QED) is 0.463. The summed E-state index contributed by atoms with van der Waals surface area (Å²) in [5.74, 6) is 0.266. The molecule has 0 spiro atoms. The number of hydrogen-bond donors (Lipinski definition) is 1. The molecule has 0 aliphatic heterocycles. The largest absolute Gasteiger partial charge is 0.490 e. The molecule has 8 heteroatoms. The van der Waals surface area contributed by atoms with Crippen molar-refractivity contribution >= 4 is 21.2 Å². The van der Waals surface area contributed by atoms with Crippen LogP contribution in [0.15, 0.2) is 18.2 Å². The molecule has 0 saturated carbocycles. The number of nitrogens with one attached hydrogen (secondary N) is 1. The zero-order valence-corrected chi connectivity index (χ0v) is 11.6. The van der Waals surface area contributed by atoms with Gasteiger partial charge < -0.3 is 10.1 Å². The number of hydrogen-bond acceptors (Lipinski definition) is 6. The lowest BCUT2D eigenvalue weighted by Gasteiger charge is -2.08. The van der Waals surface area contributed by atoms with Gasteiger partial charge in [0.15, 0.2) is 5.75 Å². The van der Waals surface area contributed by atoms with Crippen LogP contribution in [0, 0.1) is 10.1 Å². The summed E-state index contributed by atoms with van der Waals surface area (Å²) in [6.07, 6.45) is 1.65. The molecule has 1 aromatic rings. The summed E-state index contributed by atoms with van der Waals surface area (Å²) >= 11 is 0. The lowest BCUT2D eigenvalue weighted by Crippen LogP contribution is -2.09. The summed E-state index contributed by atoms with van der Waals surface area (Å²) in [6, 6.07) is 4.41. The molecule has 0 unspecified atom stereocenters. The number of rotatable bonds is 7. The van der Waals surface area contributed by atoms with E-state index in [9.17, 15) is 18.5 Å². The summed E-state index contributed by atoms with van der Waals surface area (Å²) in [7, 11) is -1.61. The van der Waals surface area contributed by atoms with Gasteiger partial charge in [0.25, 0.3) is 0 Å². The molecule has 1 N–H and O–H groups in total. The topological polar surface area (TPSA) is 98.5 Å². The number of sulfone groups is 1. The van der Waals surface area contributed by atoms with Crippen molar-refractivity contribution < 1.29 is 18.1 Å². The van der Waals surface area contributed by atoms with Gasteiger partial charge in [-0.05, 0) is 12.5 Å². The highest BCUT2D eigenvalue weighted by molar-refractivity contribution is 7.90. The van der Waals surface area contributed by atoms with Gasteiger partial charge in [-0.1, -0.05) is 0 Å². The van der Waals surface area contributed by atoms with E-state index in [2.05, 4.69) is 5.32 Å². The maximum atomic E-state index is 10.9. The molecule has 19 heavy (non-hydrogen) atoms. The molecule has 0 fully saturated rings. The molecule has 0 aliphatic carbocycles. The van der Waals surface area contributed by atoms with Gasteiger partial charge in [-0.3, -0.25) is 10.1 Å². The van der Waals surface area contributed by atoms with Crippen LogP contribution in [-0.2, 0) is 9.84 Å². The lowest BCUT2D eigenvalue weighted by molar-refractivity contribution is -0.385. The summed E-state index contributed by atoms with van der Waals surface area (Å²) in [4.78, 5) is 10.2. The second kappa shape index (κ2) is 6.37. The van der Waals surface area contributed by atoms with E-state index in [1.54, 1.807) is 6.07 Å². The number of methoxy groups -OCH3 is 1. The number of anilines is 1. The van der Waals surface area contributed by atoms with Gasteiger partial charge in [0.2, 0.25) is 0 Å². The van der Waals surface area contributed by atoms with E-state index < -0.39 is 14.8 Å². The molecule has 1 aromatic carbocycles. The van der Waals surface area contributed by atoms with Gasteiger partial charge in [0, 0.05) is 30.6 Å². The summed E-state index contributed by atoms with van der Waals surface area (Å²) < 4.78 is 26.8. The standard InChI is InChI=1S/C11H16N2O5S/c1-18-11-8-9(4-5-10(11)13(14)15)12-6-3-7-19(2,16)17/h4-5,8,12H,3,6-7H2,1-2H3. The van der Waals surface area contributed by atoms with Crippen LogP contribution in [0.25, 0.3) is 0 Å². The van der Waals surface area contributed by atoms with Gasteiger partial charge in [-0.2, -0.15) is 0 Å². The molecule has 0 amide bonds. The van der Waals surface area contributed by atoms with Crippen molar-refractivity contribution in [1.82, 2.24) is 0 Å². The predicted molar refractivity (Wildman–Crippen MR) is 72.5 cm³/mol. The van der Waals surface area contributed by atoms with Crippen molar-refractivity contribution in [2.24, 2.45) is 0 Å². The van der Waals surface area contributed by atoms with Crippen molar-refractivity contribution in [2.45, 2.75) is 6.42 Å². The van der Waals surface area contributed by atoms with Crippen molar-refractivity contribution in [3.8, 4) is 5.75 Å². The van der Waals surface area contributed by atoms with Gasteiger partial charge in [-0.25, -0.2) is 8.42 Å². The predicted octanol–water partition coefficient (Wildman–Crippen LogP) is 1.45. The van der Waals surface area contributed by atoms with Gasteiger partial charge in [-0.15, -0.1) is 0 Å². The van der Waals surface area contributed by atoms with Gasteiger partial charge in [0.05, 0.1) is 17.8 Å². The SMILES string of the molecule is COc1cc(NCCCS(C)(=O)=O)ccc1[N+](=O)[O-]. The first-order valence-corrected chi connectivity index (χ1v) is 7.63. The molecule has 1 rings (SSSR count). The van der Waals surface area contributed by atoms with Crippen LogP contribution in [0.5, 0.6) is 5.75 Å². The Kier molecular flexibility index (Phi) is 5.11. The van der Waals surface area contributed by atoms with Crippen LogP contribution < -0.4 is 10.1 Å². The highest BCUT2D eigenvalue weighted by atomic mass is 32.2. The molecular formula is C11H16N2O5S. The normalized spacial score (nSPS) is 11.1. The molecule has 106 valence electrons. The molecule has 0 saturated heterocycles. The van der Waals surface area contributed by atoms with Crippen LogP contribution >= 0.6 is 0 Å². The van der Waals surface area contributed by atoms with Crippen LogP contribution in [0.1, 0.15) is 6.42 Å². The Morgan fingerprint density at radius 1 is 1.42 bits per heavy atom. The minimum atomic E-state index is -2.96. The highest BCUT2D eigenvalue weighted by Crippen LogP contribution is 2.29. The molecular weight excluding hydrogens is 272 g/mol. The Hall–Kier alpha value is -1.83. The molecule has 0 heterocycles.